The molecule has 0 spiro atoms. The molecule has 0 aliphatic heterocycles. The molecule has 0 aliphatic rings. The molecule has 2 nitrogen and oxygen atoms in total. The van der Waals surface area contributed by atoms with E-state index in [1.54, 1.807) is 18.2 Å². The molecule has 0 heterocycles. The number of hydrogen-bond acceptors (Lipinski definition) is 2. The van der Waals surface area contributed by atoms with Crippen LogP contribution in [0.25, 0.3) is 0 Å². The molecule has 0 amide bonds. The van der Waals surface area contributed by atoms with Gasteiger partial charge in [0.15, 0.2) is 0 Å². The van der Waals surface area contributed by atoms with Crippen molar-refractivity contribution in [2.75, 3.05) is 0 Å². The first kappa shape index (κ1) is 7.09. The Morgan fingerprint density at radius 1 is 1.70 bits per heavy atom. The number of oxime groups is 1. The highest BCUT2D eigenvalue weighted by atomic mass is 35.5. The third kappa shape index (κ3) is 1.48. The molecule has 1 aromatic carbocycles. The van der Waals surface area contributed by atoms with E-state index in [9.17, 15) is 0 Å². The Morgan fingerprint density at radius 3 is 3.10 bits per heavy atom. The van der Waals surface area contributed by atoms with Gasteiger partial charge in [0.1, 0.15) is 0 Å². The van der Waals surface area contributed by atoms with Crippen molar-refractivity contribution in [1.82, 2.24) is 0 Å². The van der Waals surface area contributed by atoms with Crippen LogP contribution >= 0.6 is 11.6 Å². The van der Waals surface area contributed by atoms with Gasteiger partial charge in [0.2, 0.25) is 0 Å². The summed E-state index contributed by atoms with van der Waals surface area (Å²) in [4.78, 5) is 0. The second kappa shape index (κ2) is 3.22. The Hall–Kier alpha value is -1.02. The third-order valence-corrected chi connectivity index (χ3v) is 1.36. The quantitative estimate of drug-likeness (QED) is 0.374. The zero-order valence-electron chi connectivity index (χ0n) is 5.08. The SMILES string of the molecule is ON=Cc1ccc[c]c1Cl. The van der Waals surface area contributed by atoms with Crippen LogP contribution < -0.4 is 0 Å². The summed E-state index contributed by atoms with van der Waals surface area (Å²) in [6.45, 7) is 0. The third-order valence-electron chi connectivity index (χ3n) is 1.03. The van der Waals surface area contributed by atoms with Crippen molar-refractivity contribution in [3.05, 3.63) is 34.9 Å². The highest BCUT2D eigenvalue weighted by Gasteiger charge is 1.92. The monoisotopic (exact) mass is 154 g/mol. The maximum atomic E-state index is 8.14. The number of hydrogen-bond donors (Lipinski definition) is 1. The van der Waals surface area contributed by atoms with Gasteiger partial charge in [-0.2, -0.15) is 0 Å². The van der Waals surface area contributed by atoms with E-state index in [0.29, 0.717) is 10.6 Å². The van der Waals surface area contributed by atoms with Crippen LogP contribution in [0.2, 0.25) is 5.02 Å². The van der Waals surface area contributed by atoms with Gasteiger partial charge in [-0.1, -0.05) is 35.0 Å². The first-order chi connectivity index (χ1) is 4.84. The maximum Gasteiger partial charge on any atom is 0.0749 e. The summed E-state index contributed by atoms with van der Waals surface area (Å²) in [5.41, 5.74) is 0.659. The van der Waals surface area contributed by atoms with Crippen molar-refractivity contribution in [1.29, 1.82) is 0 Å². The van der Waals surface area contributed by atoms with Crippen molar-refractivity contribution in [3.63, 3.8) is 0 Å². The van der Waals surface area contributed by atoms with Crippen LogP contribution in [0.4, 0.5) is 0 Å². The molecule has 1 N–H and O–H groups in total. The van der Waals surface area contributed by atoms with E-state index < -0.39 is 0 Å². The molecule has 51 valence electrons. The Labute approximate surface area is 63.7 Å². The summed E-state index contributed by atoms with van der Waals surface area (Å²) in [7, 11) is 0. The molecule has 1 rings (SSSR count). The normalized spacial score (nSPS) is 10.5. The van der Waals surface area contributed by atoms with Crippen LogP contribution in [0.15, 0.2) is 23.4 Å². The van der Waals surface area contributed by atoms with Gasteiger partial charge in [-0.25, -0.2) is 0 Å². The van der Waals surface area contributed by atoms with Gasteiger partial charge in [-0.05, 0) is 0 Å². The predicted molar refractivity (Wildman–Crippen MR) is 39.7 cm³/mol. The van der Waals surface area contributed by atoms with Crippen LogP contribution in [0.3, 0.4) is 0 Å². The summed E-state index contributed by atoms with van der Waals surface area (Å²) in [5.74, 6) is 0. The number of benzene rings is 1. The Kier molecular flexibility index (Phi) is 2.29. The summed E-state index contributed by atoms with van der Waals surface area (Å²) >= 11 is 5.65. The second-order valence-corrected chi connectivity index (χ2v) is 2.06. The standard InChI is InChI=1S/C7H5ClNO/c8-7-4-2-1-3-6(7)5-9-10/h1-3,5,10H. The molecule has 1 radical (unpaired) electrons. The Balaban J connectivity index is 3.03. The largest absolute Gasteiger partial charge is 0.411 e. The zero-order valence-corrected chi connectivity index (χ0v) is 5.84. The lowest BCUT2D eigenvalue weighted by molar-refractivity contribution is 0.322. The molecule has 0 fully saturated rings. The average molecular weight is 155 g/mol. The van der Waals surface area contributed by atoms with E-state index >= 15 is 0 Å². The van der Waals surface area contributed by atoms with Crippen molar-refractivity contribution in [3.8, 4) is 0 Å². The fourth-order valence-corrected chi connectivity index (χ4v) is 0.766. The number of nitrogens with zero attached hydrogens (tertiary/aromatic N) is 1. The van der Waals surface area contributed by atoms with Gasteiger partial charge in [-0.15, -0.1) is 0 Å². The number of halogens is 1. The van der Waals surface area contributed by atoms with E-state index in [-0.39, 0.29) is 0 Å². The molecule has 0 aromatic heterocycles. The summed E-state index contributed by atoms with van der Waals surface area (Å²) in [6, 6.07) is 7.94. The van der Waals surface area contributed by atoms with Crippen LogP contribution in [0.1, 0.15) is 5.56 Å². The minimum Gasteiger partial charge on any atom is -0.411 e. The lowest BCUT2D eigenvalue weighted by atomic mass is 10.2. The summed E-state index contributed by atoms with van der Waals surface area (Å²) in [5, 5.41) is 11.4. The highest BCUT2D eigenvalue weighted by Crippen LogP contribution is 2.10. The predicted octanol–water partition coefficient (Wildman–Crippen LogP) is 1.95. The van der Waals surface area contributed by atoms with Crippen molar-refractivity contribution in [2.24, 2.45) is 5.16 Å². The van der Waals surface area contributed by atoms with Gasteiger partial charge in [0.05, 0.1) is 11.2 Å². The summed E-state index contributed by atoms with van der Waals surface area (Å²) in [6.07, 6.45) is 1.26. The summed E-state index contributed by atoms with van der Waals surface area (Å²) < 4.78 is 0. The molecule has 0 bridgehead atoms. The second-order valence-electron chi connectivity index (χ2n) is 1.68. The molecule has 0 saturated heterocycles. The molecular weight excluding hydrogens is 150 g/mol. The van der Waals surface area contributed by atoms with Crippen LogP contribution in [-0.4, -0.2) is 11.4 Å². The van der Waals surface area contributed by atoms with Gasteiger partial charge in [-0.3, -0.25) is 0 Å². The fraction of sp³-hybridized carbons (Fsp3) is 0. The fourth-order valence-electron chi connectivity index (χ4n) is 0.591. The molecule has 0 atom stereocenters. The van der Waals surface area contributed by atoms with E-state index in [1.165, 1.54) is 6.21 Å². The molecule has 10 heavy (non-hydrogen) atoms. The van der Waals surface area contributed by atoms with Crippen LogP contribution in [0.5, 0.6) is 0 Å². The Bertz CT molecular complexity index is 247. The maximum absolute atomic E-state index is 8.14. The van der Waals surface area contributed by atoms with Gasteiger partial charge in [0, 0.05) is 11.6 Å². The molecule has 1 aromatic rings. The van der Waals surface area contributed by atoms with Crippen molar-refractivity contribution >= 4 is 17.8 Å². The Morgan fingerprint density at radius 2 is 2.50 bits per heavy atom. The van der Waals surface area contributed by atoms with Crippen molar-refractivity contribution < 1.29 is 5.21 Å². The molecule has 0 aliphatic carbocycles. The highest BCUT2D eigenvalue weighted by molar-refractivity contribution is 6.32. The first-order valence-corrected chi connectivity index (χ1v) is 3.06. The number of rotatable bonds is 1. The smallest absolute Gasteiger partial charge is 0.0749 e. The minimum absolute atomic E-state index is 0.459. The van der Waals surface area contributed by atoms with Gasteiger partial charge in [0.25, 0.3) is 0 Å². The lowest BCUT2D eigenvalue weighted by Gasteiger charge is -1.91. The topological polar surface area (TPSA) is 32.6 Å². The van der Waals surface area contributed by atoms with Crippen LogP contribution in [0, 0.1) is 6.07 Å². The van der Waals surface area contributed by atoms with Gasteiger partial charge >= 0.3 is 0 Å². The van der Waals surface area contributed by atoms with E-state index in [4.69, 9.17) is 16.8 Å². The molecule has 0 unspecified atom stereocenters. The molecule has 0 saturated carbocycles. The van der Waals surface area contributed by atoms with Crippen LogP contribution in [-0.2, 0) is 0 Å². The molecule has 3 heteroatoms. The minimum atomic E-state index is 0.459. The average Bonchev–Trinajstić information content (AvgIpc) is 1.94. The van der Waals surface area contributed by atoms with E-state index in [0.717, 1.165) is 0 Å². The molecular formula is C7H5ClNO. The first-order valence-electron chi connectivity index (χ1n) is 2.68. The van der Waals surface area contributed by atoms with Crippen molar-refractivity contribution in [2.45, 2.75) is 0 Å². The zero-order chi connectivity index (χ0) is 7.40. The van der Waals surface area contributed by atoms with E-state index in [2.05, 4.69) is 11.2 Å². The lowest BCUT2D eigenvalue weighted by Crippen LogP contribution is -1.80. The van der Waals surface area contributed by atoms with Gasteiger partial charge < -0.3 is 5.21 Å². The van der Waals surface area contributed by atoms with E-state index in [1.807, 2.05) is 0 Å².